The van der Waals surface area contributed by atoms with Gasteiger partial charge in [0.2, 0.25) is 5.13 Å². The number of thiophene rings is 1. The predicted octanol–water partition coefficient (Wildman–Crippen LogP) is 2.34. The lowest BCUT2D eigenvalue weighted by molar-refractivity contribution is 0.0531. The molecule has 2 rings (SSSR count). The van der Waals surface area contributed by atoms with Crippen molar-refractivity contribution in [2.75, 3.05) is 17.8 Å². The first-order valence-corrected chi connectivity index (χ1v) is 8.18. The van der Waals surface area contributed by atoms with Gasteiger partial charge in [-0.25, -0.2) is 9.78 Å². The van der Waals surface area contributed by atoms with E-state index in [0.29, 0.717) is 15.6 Å². The Morgan fingerprint density at radius 3 is 2.73 bits per heavy atom. The summed E-state index contributed by atoms with van der Waals surface area (Å²) in [6, 6.07) is 0. The number of hydrazine groups is 1. The molecule has 0 saturated carbocycles. The molecule has 7 nitrogen and oxygen atoms in total. The number of amides is 1. The average Bonchev–Trinajstić information content (AvgIpc) is 3.00. The molecule has 0 aliphatic carbocycles. The molecule has 118 valence electrons. The molecule has 2 aromatic rings. The molecule has 0 aliphatic heterocycles. The van der Waals surface area contributed by atoms with Gasteiger partial charge in [-0.3, -0.25) is 15.6 Å². The third kappa shape index (κ3) is 3.37. The first-order chi connectivity index (χ1) is 10.4. The predicted molar refractivity (Wildman–Crippen MR) is 87.4 cm³/mol. The standard InChI is InChI=1S/C13H16N4O3S2/c1-4-20-12(19)9-7(3)8(10(14)22-9)11(18)16-17-13-15-6(2)5-21-13/h5H,4,14H2,1-3H3,(H,15,17)(H,16,18). The van der Waals surface area contributed by atoms with Crippen LogP contribution >= 0.6 is 22.7 Å². The number of hydrogen-bond donors (Lipinski definition) is 3. The van der Waals surface area contributed by atoms with Crippen molar-refractivity contribution in [2.24, 2.45) is 0 Å². The molecule has 22 heavy (non-hydrogen) atoms. The van der Waals surface area contributed by atoms with E-state index >= 15 is 0 Å². The molecule has 2 heterocycles. The summed E-state index contributed by atoms with van der Waals surface area (Å²) in [5, 5.41) is 2.70. The van der Waals surface area contributed by atoms with Crippen LogP contribution in [0.25, 0.3) is 0 Å². The van der Waals surface area contributed by atoms with Gasteiger partial charge in [0, 0.05) is 5.38 Å². The zero-order chi connectivity index (χ0) is 16.3. The smallest absolute Gasteiger partial charge is 0.348 e. The maximum Gasteiger partial charge on any atom is 0.348 e. The van der Waals surface area contributed by atoms with Crippen LogP contribution in [0.4, 0.5) is 10.1 Å². The van der Waals surface area contributed by atoms with Crippen LogP contribution in [0.15, 0.2) is 5.38 Å². The molecular formula is C13H16N4O3S2. The number of hydrogen-bond acceptors (Lipinski definition) is 8. The van der Waals surface area contributed by atoms with Crippen molar-refractivity contribution < 1.29 is 14.3 Å². The minimum Gasteiger partial charge on any atom is -0.462 e. The SMILES string of the molecule is CCOC(=O)c1sc(N)c(C(=O)NNc2nc(C)cs2)c1C. The van der Waals surface area contributed by atoms with E-state index in [1.165, 1.54) is 11.3 Å². The van der Waals surface area contributed by atoms with Crippen LogP contribution in [-0.4, -0.2) is 23.5 Å². The van der Waals surface area contributed by atoms with E-state index in [-0.39, 0.29) is 17.2 Å². The number of esters is 1. The summed E-state index contributed by atoms with van der Waals surface area (Å²) >= 11 is 2.42. The number of nitrogen functional groups attached to an aromatic ring is 1. The monoisotopic (exact) mass is 340 g/mol. The van der Waals surface area contributed by atoms with Gasteiger partial charge in [0.05, 0.1) is 22.9 Å². The van der Waals surface area contributed by atoms with E-state index in [4.69, 9.17) is 10.5 Å². The minimum absolute atomic E-state index is 0.266. The molecule has 9 heteroatoms. The molecule has 2 aromatic heterocycles. The highest BCUT2D eigenvalue weighted by Gasteiger charge is 2.24. The van der Waals surface area contributed by atoms with Crippen molar-refractivity contribution in [1.29, 1.82) is 0 Å². The summed E-state index contributed by atoms with van der Waals surface area (Å²) < 4.78 is 4.95. The Morgan fingerprint density at radius 1 is 1.41 bits per heavy atom. The third-order valence-corrected chi connectivity index (χ3v) is 4.74. The highest BCUT2D eigenvalue weighted by Crippen LogP contribution is 2.31. The molecule has 0 aromatic carbocycles. The largest absolute Gasteiger partial charge is 0.462 e. The van der Waals surface area contributed by atoms with Gasteiger partial charge in [0.15, 0.2) is 0 Å². The zero-order valence-corrected chi connectivity index (χ0v) is 14.0. The molecule has 0 atom stereocenters. The van der Waals surface area contributed by atoms with Gasteiger partial charge in [-0.1, -0.05) is 0 Å². The average molecular weight is 340 g/mol. The quantitative estimate of drug-likeness (QED) is 0.570. The lowest BCUT2D eigenvalue weighted by atomic mass is 10.1. The molecule has 0 fully saturated rings. The topological polar surface area (TPSA) is 106 Å². The Kier molecular flexibility index (Phi) is 4.99. The molecule has 0 spiro atoms. The normalized spacial score (nSPS) is 10.3. The van der Waals surface area contributed by atoms with E-state index in [9.17, 15) is 9.59 Å². The second-order valence-corrected chi connectivity index (χ2v) is 6.30. The molecule has 0 saturated heterocycles. The summed E-state index contributed by atoms with van der Waals surface area (Å²) in [6.45, 7) is 5.51. The van der Waals surface area contributed by atoms with Crippen molar-refractivity contribution in [2.45, 2.75) is 20.8 Å². The van der Waals surface area contributed by atoms with Crippen LogP contribution < -0.4 is 16.6 Å². The van der Waals surface area contributed by atoms with Crippen LogP contribution in [0.2, 0.25) is 0 Å². The highest BCUT2D eigenvalue weighted by atomic mass is 32.1. The maximum atomic E-state index is 12.2. The van der Waals surface area contributed by atoms with E-state index in [1.807, 2.05) is 12.3 Å². The summed E-state index contributed by atoms with van der Waals surface area (Å²) in [5.41, 5.74) is 12.8. The van der Waals surface area contributed by atoms with E-state index < -0.39 is 11.9 Å². The number of rotatable bonds is 5. The number of thiazole rings is 1. The Bertz CT molecular complexity index is 708. The number of anilines is 2. The second kappa shape index (κ2) is 6.75. The number of nitrogens with one attached hydrogen (secondary N) is 2. The van der Waals surface area contributed by atoms with Crippen LogP contribution in [0, 0.1) is 13.8 Å². The molecule has 0 unspecified atom stereocenters. The van der Waals surface area contributed by atoms with Gasteiger partial charge in [-0.2, -0.15) is 0 Å². The van der Waals surface area contributed by atoms with Gasteiger partial charge < -0.3 is 10.5 Å². The lowest BCUT2D eigenvalue weighted by Gasteiger charge is -2.06. The Balaban J connectivity index is 2.14. The summed E-state index contributed by atoms with van der Waals surface area (Å²) in [5.74, 6) is -0.895. The first-order valence-electron chi connectivity index (χ1n) is 6.48. The van der Waals surface area contributed by atoms with Crippen molar-refractivity contribution >= 4 is 44.7 Å². The van der Waals surface area contributed by atoms with E-state index in [0.717, 1.165) is 17.0 Å². The number of aryl methyl sites for hydroxylation is 1. The fraction of sp³-hybridized carbons (Fsp3) is 0.308. The van der Waals surface area contributed by atoms with Crippen molar-refractivity contribution in [3.63, 3.8) is 0 Å². The number of carbonyl (C=O) groups excluding carboxylic acids is 2. The summed E-state index contributed by atoms with van der Waals surface area (Å²) in [4.78, 5) is 28.6. The second-order valence-electron chi connectivity index (χ2n) is 4.39. The molecule has 0 radical (unpaired) electrons. The van der Waals surface area contributed by atoms with Gasteiger partial charge in [0.25, 0.3) is 5.91 Å². The molecule has 1 amide bonds. The molecule has 4 N–H and O–H groups in total. The highest BCUT2D eigenvalue weighted by molar-refractivity contribution is 7.18. The third-order valence-electron chi connectivity index (χ3n) is 2.76. The van der Waals surface area contributed by atoms with Crippen LogP contribution in [0.5, 0.6) is 0 Å². The zero-order valence-electron chi connectivity index (χ0n) is 12.4. The molecular weight excluding hydrogens is 324 g/mol. The van der Waals surface area contributed by atoms with Crippen molar-refractivity contribution in [3.8, 4) is 0 Å². The summed E-state index contributed by atoms with van der Waals surface area (Å²) in [7, 11) is 0. The Labute approximate surface area is 135 Å². The summed E-state index contributed by atoms with van der Waals surface area (Å²) in [6.07, 6.45) is 0. The lowest BCUT2D eigenvalue weighted by Crippen LogP contribution is -2.30. The number of nitrogens with zero attached hydrogens (tertiary/aromatic N) is 1. The molecule has 0 aliphatic rings. The minimum atomic E-state index is -0.473. The van der Waals surface area contributed by atoms with Crippen molar-refractivity contribution in [3.05, 3.63) is 27.1 Å². The van der Waals surface area contributed by atoms with E-state index in [1.54, 1.807) is 13.8 Å². The number of ether oxygens (including phenoxy) is 1. The van der Waals surface area contributed by atoms with Crippen molar-refractivity contribution in [1.82, 2.24) is 10.4 Å². The Morgan fingerprint density at radius 2 is 2.14 bits per heavy atom. The van der Waals surface area contributed by atoms with Crippen LogP contribution in [-0.2, 0) is 4.74 Å². The molecule has 0 bridgehead atoms. The van der Waals surface area contributed by atoms with Gasteiger partial charge in [0.1, 0.15) is 4.88 Å². The van der Waals surface area contributed by atoms with Gasteiger partial charge in [-0.15, -0.1) is 22.7 Å². The number of aromatic nitrogens is 1. The van der Waals surface area contributed by atoms with Gasteiger partial charge >= 0.3 is 5.97 Å². The van der Waals surface area contributed by atoms with Gasteiger partial charge in [-0.05, 0) is 26.3 Å². The fourth-order valence-corrected chi connectivity index (χ4v) is 3.40. The fourth-order valence-electron chi connectivity index (χ4n) is 1.79. The van der Waals surface area contributed by atoms with E-state index in [2.05, 4.69) is 15.8 Å². The van der Waals surface area contributed by atoms with Crippen LogP contribution in [0.1, 0.15) is 38.2 Å². The van der Waals surface area contributed by atoms with Crippen LogP contribution in [0.3, 0.4) is 0 Å². The Hall–Kier alpha value is -2.13. The number of nitrogens with two attached hydrogens (primary N) is 1. The maximum absolute atomic E-state index is 12.2. The first kappa shape index (κ1) is 16.2. The number of carbonyl (C=O) groups is 2.